The highest BCUT2D eigenvalue weighted by molar-refractivity contribution is 6.30. The lowest BCUT2D eigenvalue weighted by Gasteiger charge is -2.04. The maximum atomic E-state index is 5.90. The average Bonchev–Trinajstić information content (AvgIpc) is 2.75. The van der Waals surface area contributed by atoms with Crippen LogP contribution in [-0.4, -0.2) is 4.57 Å². The lowest BCUT2D eigenvalue weighted by Crippen LogP contribution is -2.14. The first-order valence-electron chi connectivity index (χ1n) is 5.21. The Morgan fingerprint density at radius 2 is 2.25 bits per heavy atom. The van der Waals surface area contributed by atoms with Crippen LogP contribution in [0.3, 0.4) is 0 Å². The van der Waals surface area contributed by atoms with Gasteiger partial charge >= 0.3 is 0 Å². The second-order valence-corrected chi connectivity index (χ2v) is 4.33. The van der Waals surface area contributed by atoms with E-state index in [2.05, 4.69) is 5.32 Å². The van der Waals surface area contributed by atoms with Crippen LogP contribution in [0.25, 0.3) is 0 Å². The molecule has 0 radical (unpaired) electrons. The molecule has 0 aromatic carbocycles. The SMILES string of the molecule is Cc1ccoc1CNCc1cc(Cl)cn1C. The van der Waals surface area contributed by atoms with Crippen LogP contribution in [0.1, 0.15) is 17.0 Å². The van der Waals surface area contributed by atoms with Crippen molar-refractivity contribution in [3.05, 3.63) is 46.6 Å². The van der Waals surface area contributed by atoms with E-state index in [1.54, 1.807) is 6.26 Å². The fourth-order valence-electron chi connectivity index (χ4n) is 1.63. The monoisotopic (exact) mass is 238 g/mol. The summed E-state index contributed by atoms with van der Waals surface area (Å²) in [5, 5.41) is 4.10. The molecule has 0 aliphatic heterocycles. The van der Waals surface area contributed by atoms with Crippen molar-refractivity contribution in [3.8, 4) is 0 Å². The maximum Gasteiger partial charge on any atom is 0.120 e. The number of aryl methyl sites for hydroxylation is 2. The van der Waals surface area contributed by atoms with E-state index in [4.69, 9.17) is 16.0 Å². The van der Waals surface area contributed by atoms with Crippen molar-refractivity contribution in [1.29, 1.82) is 0 Å². The van der Waals surface area contributed by atoms with Crippen molar-refractivity contribution in [2.24, 2.45) is 7.05 Å². The lowest BCUT2D eigenvalue weighted by molar-refractivity contribution is 0.477. The molecule has 0 spiro atoms. The van der Waals surface area contributed by atoms with Gasteiger partial charge < -0.3 is 14.3 Å². The summed E-state index contributed by atoms with van der Waals surface area (Å²) in [6.45, 7) is 3.56. The molecule has 4 heteroatoms. The van der Waals surface area contributed by atoms with Crippen LogP contribution >= 0.6 is 11.6 Å². The minimum atomic E-state index is 0.738. The maximum absolute atomic E-state index is 5.90. The van der Waals surface area contributed by atoms with E-state index in [0.29, 0.717) is 0 Å². The Hall–Kier alpha value is -1.19. The van der Waals surface area contributed by atoms with Crippen LogP contribution in [-0.2, 0) is 20.1 Å². The highest BCUT2D eigenvalue weighted by atomic mass is 35.5. The van der Waals surface area contributed by atoms with Gasteiger partial charge in [-0.25, -0.2) is 0 Å². The van der Waals surface area contributed by atoms with Gasteiger partial charge in [0.1, 0.15) is 5.76 Å². The number of halogens is 1. The summed E-state index contributed by atoms with van der Waals surface area (Å²) in [4.78, 5) is 0. The Labute approximate surface area is 100 Å². The van der Waals surface area contributed by atoms with Gasteiger partial charge in [-0.2, -0.15) is 0 Å². The molecule has 0 unspecified atom stereocenters. The van der Waals surface area contributed by atoms with Gasteiger partial charge in [0.25, 0.3) is 0 Å². The quantitative estimate of drug-likeness (QED) is 0.888. The summed E-state index contributed by atoms with van der Waals surface area (Å²) in [5.74, 6) is 0.986. The molecule has 0 amide bonds. The predicted molar refractivity (Wildman–Crippen MR) is 64.4 cm³/mol. The molecule has 0 aliphatic rings. The zero-order chi connectivity index (χ0) is 11.5. The first-order valence-corrected chi connectivity index (χ1v) is 5.59. The minimum Gasteiger partial charge on any atom is -0.468 e. The van der Waals surface area contributed by atoms with Gasteiger partial charge in [-0.15, -0.1) is 0 Å². The number of furan rings is 1. The molecule has 2 aromatic heterocycles. The van der Waals surface area contributed by atoms with E-state index in [1.165, 1.54) is 5.56 Å². The van der Waals surface area contributed by atoms with E-state index in [-0.39, 0.29) is 0 Å². The average molecular weight is 239 g/mol. The first kappa shape index (κ1) is 11.3. The summed E-state index contributed by atoms with van der Waals surface area (Å²) < 4.78 is 7.36. The number of rotatable bonds is 4. The molecule has 2 aromatic rings. The summed E-state index contributed by atoms with van der Waals surface area (Å²) in [6, 6.07) is 3.93. The third kappa shape index (κ3) is 2.49. The molecule has 2 rings (SSSR count). The Kier molecular flexibility index (Phi) is 3.36. The first-order chi connectivity index (χ1) is 7.66. The Morgan fingerprint density at radius 1 is 1.44 bits per heavy atom. The van der Waals surface area contributed by atoms with Crippen LogP contribution in [0, 0.1) is 6.92 Å². The van der Waals surface area contributed by atoms with Crippen molar-refractivity contribution >= 4 is 11.6 Å². The van der Waals surface area contributed by atoms with E-state index >= 15 is 0 Å². The van der Waals surface area contributed by atoms with Gasteiger partial charge in [0.15, 0.2) is 0 Å². The summed E-state index contributed by atoms with van der Waals surface area (Å²) in [5.41, 5.74) is 2.34. The van der Waals surface area contributed by atoms with Gasteiger partial charge in [0.05, 0.1) is 17.8 Å². The second kappa shape index (κ2) is 4.76. The highest BCUT2D eigenvalue weighted by Crippen LogP contribution is 2.13. The van der Waals surface area contributed by atoms with Gasteiger partial charge in [0.2, 0.25) is 0 Å². The largest absolute Gasteiger partial charge is 0.468 e. The van der Waals surface area contributed by atoms with Gasteiger partial charge in [0, 0.05) is 25.5 Å². The Balaban J connectivity index is 1.89. The molecular formula is C12H15ClN2O. The fourth-order valence-corrected chi connectivity index (χ4v) is 1.90. The standard InChI is InChI=1S/C12H15ClN2O/c1-9-3-4-16-12(9)7-14-6-11-5-10(13)8-15(11)2/h3-5,8,14H,6-7H2,1-2H3. The summed E-state index contributed by atoms with van der Waals surface area (Å²) >= 11 is 5.90. The number of nitrogens with zero attached hydrogens (tertiary/aromatic N) is 1. The molecular weight excluding hydrogens is 224 g/mol. The van der Waals surface area contributed by atoms with E-state index in [0.717, 1.165) is 29.6 Å². The van der Waals surface area contributed by atoms with Gasteiger partial charge in [-0.1, -0.05) is 11.6 Å². The zero-order valence-electron chi connectivity index (χ0n) is 9.46. The molecule has 0 bridgehead atoms. The number of hydrogen-bond donors (Lipinski definition) is 1. The molecule has 0 atom stereocenters. The smallest absolute Gasteiger partial charge is 0.120 e. The van der Waals surface area contributed by atoms with Gasteiger partial charge in [-0.05, 0) is 24.6 Å². The lowest BCUT2D eigenvalue weighted by atomic mass is 10.3. The third-order valence-corrected chi connectivity index (χ3v) is 2.84. The van der Waals surface area contributed by atoms with Crippen LogP contribution in [0.5, 0.6) is 0 Å². The zero-order valence-corrected chi connectivity index (χ0v) is 10.2. The molecule has 2 heterocycles. The van der Waals surface area contributed by atoms with Gasteiger partial charge in [-0.3, -0.25) is 0 Å². The molecule has 1 N–H and O–H groups in total. The van der Waals surface area contributed by atoms with E-state index in [1.807, 2.05) is 36.9 Å². The van der Waals surface area contributed by atoms with Crippen molar-refractivity contribution in [2.45, 2.75) is 20.0 Å². The van der Waals surface area contributed by atoms with E-state index < -0.39 is 0 Å². The molecule has 0 fully saturated rings. The molecule has 0 saturated carbocycles. The molecule has 0 aliphatic carbocycles. The third-order valence-electron chi connectivity index (χ3n) is 2.63. The van der Waals surface area contributed by atoms with Crippen LogP contribution < -0.4 is 5.32 Å². The number of hydrogen-bond acceptors (Lipinski definition) is 2. The second-order valence-electron chi connectivity index (χ2n) is 3.89. The normalized spacial score (nSPS) is 10.9. The van der Waals surface area contributed by atoms with E-state index in [9.17, 15) is 0 Å². The van der Waals surface area contributed by atoms with Crippen molar-refractivity contribution in [2.75, 3.05) is 0 Å². The predicted octanol–water partition coefficient (Wildman–Crippen LogP) is 2.87. The minimum absolute atomic E-state index is 0.738. The van der Waals surface area contributed by atoms with Crippen LogP contribution in [0.2, 0.25) is 5.02 Å². The topological polar surface area (TPSA) is 30.1 Å². The Morgan fingerprint density at radius 3 is 2.81 bits per heavy atom. The van der Waals surface area contributed by atoms with Crippen molar-refractivity contribution in [3.63, 3.8) is 0 Å². The van der Waals surface area contributed by atoms with Crippen LogP contribution in [0.4, 0.5) is 0 Å². The highest BCUT2D eigenvalue weighted by Gasteiger charge is 2.03. The fraction of sp³-hybridized carbons (Fsp3) is 0.333. The molecule has 16 heavy (non-hydrogen) atoms. The molecule has 0 saturated heterocycles. The summed E-state index contributed by atoms with van der Waals surface area (Å²) in [6.07, 6.45) is 3.61. The van der Waals surface area contributed by atoms with Crippen molar-refractivity contribution in [1.82, 2.24) is 9.88 Å². The Bertz CT molecular complexity index is 473. The van der Waals surface area contributed by atoms with Crippen LogP contribution in [0.15, 0.2) is 29.0 Å². The molecule has 86 valence electrons. The number of aromatic nitrogens is 1. The number of nitrogens with one attached hydrogen (secondary N) is 1. The molecule has 3 nitrogen and oxygen atoms in total. The summed E-state index contributed by atoms with van der Waals surface area (Å²) in [7, 11) is 1.99. The van der Waals surface area contributed by atoms with Crippen molar-refractivity contribution < 1.29 is 4.42 Å².